The minimum Gasteiger partial charge on any atom is -0.497 e. The van der Waals surface area contributed by atoms with Gasteiger partial charge in [-0.1, -0.05) is 0 Å². The van der Waals surface area contributed by atoms with Crippen molar-refractivity contribution in [2.24, 2.45) is 5.41 Å². The van der Waals surface area contributed by atoms with Gasteiger partial charge in [-0.05, 0) is 31.0 Å². The fourth-order valence-corrected chi connectivity index (χ4v) is 4.33. The van der Waals surface area contributed by atoms with Gasteiger partial charge >= 0.3 is 0 Å². The SMILES string of the molecule is COc1cc(OC)cc(C(=O)N2CCN(c3ncnc4[nH]ccc34)CC3(CC3)C2)c1. The summed E-state index contributed by atoms with van der Waals surface area (Å²) in [5.74, 6) is 2.18. The second kappa shape index (κ2) is 7.19. The molecule has 0 radical (unpaired) electrons. The number of fused-ring (bicyclic) bond motifs is 1. The molecule has 1 aliphatic heterocycles. The molecule has 1 spiro atoms. The van der Waals surface area contributed by atoms with Gasteiger partial charge in [0.05, 0.1) is 19.6 Å². The van der Waals surface area contributed by atoms with Crippen molar-refractivity contribution in [1.82, 2.24) is 19.9 Å². The Hall–Kier alpha value is -3.29. The minimum atomic E-state index is 0.00908. The summed E-state index contributed by atoms with van der Waals surface area (Å²) in [5, 5.41) is 1.02. The Morgan fingerprint density at radius 1 is 1.07 bits per heavy atom. The van der Waals surface area contributed by atoms with E-state index in [0.717, 1.165) is 49.3 Å². The van der Waals surface area contributed by atoms with Crippen LogP contribution in [0, 0.1) is 5.41 Å². The van der Waals surface area contributed by atoms with Crippen molar-refractivity contribution < 1.29 is 14.3 Å². The van der Waals surface area contributed by atoms with Crippen LogP contribution in [-0.2, 0) is 0 Å². The zero-order chi connectivity index (χ0) is 20.7. The van der Waals surface area contributed by atoms with Gasteiger partial charge in [0.25, 0.3) is 5.91 Å². The Bertz CT molecular complexity index is 1070. The molecule has 2 aromatic heterocycles. The van der Waals surface area contributed by atoms with Crippen LogP contribution in [0.3, 0.4) is 0 Å². The molecule has 2 aliphatic rings. The molecule has 0 bridgehead atoms. The lowest BCUT2D eigenvalue weighted by Gasteiger charge is -2.25. The van der Waals surface area contributed by atoms with Gasteiger partial charge in [-0.2, -0.15) is 0 Å². The van der Waals surface area contributed by atoms with Crippen molar-refractivity contribution in [3.63, 3.8) is 0 Å². The molecule has 8 nitrogen and oxygen atoms in total. The lowest BCUT2D eigenvalue weighted by atomic mass is 10.1. The summed E-state index contributed by atoms with van der Waals surface area (Å²) < 4.78 is 10.7. The van der Waals surface area contributed by atoms with E-state index in [4.69, 9.17) is 9.47 Å². The van der Waals surface area contributed by atoms with Gasteiger partial charge in [0.1, 0.15) is 29.3 Å². The van der Waals surface area contributed by atoms with Gasteiger partial charge in [0.2, 0.25) is 0 Å². The van der Waals surface area contributed by atoms with Crippen molar-refractivity contribution >= 4 is 22.8 Å². The van der Waals surface area contributed by atoms with E-state index in [1.165, 1.54) is 0 Å². The Morgan fingerprint density at radius 2 is 1.83 bits per heavy atom. The van der Waals surface area contributed by atoms with Crippen LogP contribution < -0.4 is 14.4 Å². The van der Waals surface area contributed by atoms with Crippen molar-refractivity contribution in [3.8, 4) is 11.5 Å². The third kappa shape index (κ3) is 3.32. The highest BCUT2D eigenvalue weighted by Crippen LogP contribution is 2.48. The number of carbonyl (C=O) groups excluding carboxylic acids is 1. The van der Waals surface area contributed by atoms with E-state index in [1.54, 1.807) is 38.7 Å². The third-order valence-corrected chi connectivity index (χ3v) is 6.17. The molecule has 1 saturated heterocycles. The Labute approximate surface area is 174 Å². The summed E-state index contributed by atoms with van der Waals surface area (Å²) in [4.78, 5) is 29.7. The zero-order valence-corrected chi connectivity index (χ0v) is 17.2. The Morgan fingerprint density at radius 3 is 2.53 bits per heavy atom. The normalized spacial score (nSPS) is 17.8. The number of aromatic nitrogens is 3. The molecule has 1 amide bonds. The average molecular weight is 407 g/mol. The number of aromatic amines is 1. The van der Waals surface area contributed by atoms with E-state index in [2.05, 4.69) is 19.9 Å². The van der Waals surface area contributed by atoms with E-state index >= 15 is 0 Å². The number of H-pyrrole nitrogens is 1. The molecular formula is C22H25N5O3. The number of hydrogen-bond donors (Lipinski definition) is 1. The quantitative estimate of drug-likeness (QED) is 0.716. The lowest BCUT2D eigenvalue weighted by Crippen LogP contribution is -2.36. The fourth-order valence-electron chi connectivity index (χ4n) is 4.33. The number of amides is 1. The number of nitrogens with one attached hydrogen (secondary N) is 1. The van der Waals surface area contributed by atoms with Crippen LogP contribution in [0.1, 0.15) is 23.2 Å². The maximum absolute atomic E-state index is 13.4. The summed E-state index contributed by atoms with van der Waals surface area (Å²) >= 11 is 0. The standard InChI is InChI=1S/C22H25N5O3/c1-29-16-9-15(10-17(11-16)30-2)21(28)27-8-7-26(12-22(13-27)4-5-22)20-18-3-6-23-19(18)24-14-25-20/h3,6,9-11,14H,4-5,7-8,12-13H2,1-2H3,(H,23,24,25). The molecular weight excluding hydrogens is 382 g/mol. The average Bonchev–Trinajstić information content (AvgIpc) is 3.42. The molecule has 2 fully saturated rings. The van der Waals surface area contributed by atoms with Crippen LogP contribution in [0.5, 0.6) is 11.5 Å². The van der Waals surface area contributed by atoms with E-state index in [9.17, 15) is 4.79 Å². The first-order valence-corrected chi connectivity index (χ1v) is 10.2. The lowest BCUT2D eigenvalue weighted by molar-refractivity contribution is 0.0740. The molecule has 5 rings (SSSR count). The first kappa shape index (κ1) is 18.7. The summed E-state index contributed by atoms with van der Waals surface area (Å²) in [7, 11) is 3.19. The zero-order valence-electron chi connectivity index (χ0n) is 17.2. The van der Waals surface area contributed by atoms with Gasteiger partial charge in [-0.3, -0.25) is 4.79 Å². The van der Waals surface area contributed by atoms with Crippen LogP contribution in [0.4, 0.5) is 5.82 Å². The van der Waals surface area contributed by atoms with Gasteiger partial charge in [-0.15, -0.1) is 0 Å². The molecule has 1 N–H and O–H groups in total. The molecule has 8 heteroatoms. The molecule has 3 aromatic rings. The monoisotopic (exact) mass is 407 g/mol. The highest BCUT2D eigenvalue weighted by atomic mass is 16.5. The topological polar surface area (TPSA) is 83.6 Å². The number of benzene rings is 1. The van der Waals surface area contributed by atoms with Crippen molar-refractivity contribution in [3.05, 3.63) is 42.4 Å². The molecule has 156 valence electrons. The van der Waals surface area contributed by atoms with Crippen LogP contribution in [0.2, 0.25) is 0 Å². The predicted molar refractivity (Wildman–Crippen MR) is 113 cm³/mol. The molecule has 1 aliphatic carbocycles. The number of ether oxygens (including phenoxy) is 2. The summed E-state index contributed by atoms with van der Waals surface area (Å²) in [6.07, 6.45) is 5.73. The molecule has 30 heavy (non-hydrogen) atoms. The Balaban J connectivity index is 1.43. The number of nitrogens with zero attached hydrogens (tertiary/aromatic N) is 4. The van der Waals surface area contributed by atoms with Gasteiger partial charge < -0.3 is 24.3 Å². The van der Waals surface area contributed by atoms with Crippen LogP contribution in [0.15, 0.2) is 36.8 Å². The van der Waals surface area contributed by atoms with E-state index in [1.807, 2.05) is 17.2 Å². The number of methoxy groups -OCH3 is 2. The van der Waals surface area contributed by atoms with Crippen LogP contribution in [0.25, 0.3) is 11.0 Å². The second-order valence-electron chi connectivity index (χ2n) is 8.19. The Kier molecular flexibility index (Phi) is 4.49. The van der Waals surface area contributed by atoms with Gasteiger partial charge in [0, 0.05) is 49.4 Å². The molecule has 0 unspecified atom stereocenters. The van der Waals surface area contributed by atoms with Gasteiger partial charge in [0.15, 0.2) is 0 Å². The molecule has 0 atom stereocenters. The van der Waals surface area contributed by atoms with Crippen molar-refractivity contribution in [1.29, 1.82) is 0 Å². The molecule has 1 aromatic carbocycles. The molecule has 3 heterocycles. The largest absolute Gasteiger partial charge is 0.497 e. The predicted octanol–water partition coefficient (Wildman–Crippen LogP) is 2.72. The van der Waals surface area contributed by atoms with E-state index in [0.29, 0.717) is 23.6 Å². The summed E-state index contributed by atoms with van der Waals surface area (Å²) in [6, 6.07) is 7.35. The van der Waals surface area contributed by atoms with Crippen molar-refractivity contribution in [2.45, 2.75) is 12.8 Å². The maximum atomic E-state index is 13.4. The number of carbonyl (C=O) groups is 1. The first-order valence-electron chi connectivity index (χ1n) is 10.2. The van der Waals surface area contributed by atoms with Crippen molar-refractivity contribution in [2.75, 3.05) is 45.3 Å². The highest BCUT2D eigenvalue weighted by molar-refractivity contribution is 5.95. The number of rotatable bonds is 4. The van der Waals surface area contributed by atoms with E-state index < -0.39 is 0 Å². The second-order valence-corrected chi connectivity index (χ2v) is 8.19. The maximum Gasteiger partial charge on any atom is 0.254 e. The van der Waals surface area contributed by atoms with Crippen LogP contribution in [-0.4, -0.2) is 66.2 Å². The third-order valence-electron chi connectivity index (χ3n) is 6.17. The van der Waals surface area contributed by atoms with Gasteiger partial charge in [-0.25, -0.2) is 9.97 Å². The summed E-state index contributed by atoms with van der Waals surface area (Å²) in [6.45, 7) is 3.01. The number of hydrogen-bond acceptors (Lipinski definition) is 6. The van der Waals surface area contributed by atoms with Crippen LogP contribution >= 0.6 is 0 Å². The minimum absolute atomic E-state index is 0.00908. The first-order chi connectivity index (χ1) is 14.6. The van der Waals surface area contributed by atoms with E-state index in [-0.39, 0.29) is 11.3 Å². The fraction of sp³-hybridized carbons (Fsp3) is 0.409. The smallest absolute Gasteiger partial charge is 0.254 e. The summed E-state index contributed by atoms with van der Waals surface area (Å²) in [5.41, 5.74) is 1.55. The molecule has 1 saturated carbocycles. The number of anilines is 1. The highest BCUT2D eigenvalue weighted by Gasteiger charge is 2.48.